The van der Waals surface area contributed by atoms with Gasteiger partial charge in [0.05, 0.1) is 5.39 Å². The number of fused-ring (bicyclic) bond motifs is 2. The molecule has 0 bridgehead atoms. The van der Waals surface area contributed by atoms with Crippen LogP contribution in [0.15, 0.2) is 29.1 Å². The molecule has 2 saturated heterocycles. The number of aromatic nitrogens is 3. The molecule has 4 rings (SSSR count). The Morgan fingerprint density at radius 3 is 2.93 bits per heavy atom. The summed E-state index contributed by atoms with van der Waals surface area (Å²) in [4.78, 5) is 27.3. The smallest absolute Gasteiger partial charge is 0.277 e. The number of nitrogens with one attached hydrogen (secondary N) is 1. The van der Waals surface area contributed by atoms with Crippen molar-refractivity contribution in [1.82, 2.24) is 25.2 Å². The Morgan fingerprint density at radius 2 is 2.00 bits per heavy atom. The zero-order valence-electron chi connectivity index (χ0n) is 16.3. The van der Waals surface area contributed by atoms with Gasteiger partial charge in [-0.25, -0.2) is 4.68 Å². The van der Waals surface area contributed by atoms with E-state index in [-0.39, 0.29) is 11.5 Å². The number of carbonyl (C=O) groups is 1. The summed E-state index contributed by atoms with van der Waals surface area (Å²) in [5, 5.41) is 11.8. The average Bonchev–Trinajstić information content (AvgIpc) is 2.74. The Labute approximate surface area is 165 Å². The minimum atomic E-state index is -0.148. The monoisotopic (exact) mass is 383 g/mol. The van der Waals surface area contributed by atoms with Crippen LogP contribution in [-0.2, 0) is 11.3 Å². The maximum absolute atomic E-state index is 12.4. The van der Waals surface area contributed by atoms with Crippen molar-refractivity contribution in [1.29, 1.82) is 0 Å². The largest absolute Gasteiger partial charge is 0.356 e. The third-order valence-electron chi connectivity index (χ3n) is 6.19. The fourth-order valence-electron chi connectivity index (χ4n) is 4.71. The maximum Gasteiger partial charge on any atom is 0.277 e. The minimum absolute atomic E-state index is 0.0646. The number of hydrogen-bond donors (Lipinski definition) is 1. The molecule has 2 atom stereocenters. The number of rotatable bonds is 6. The quantitative estimate of drug-likeness (QED) is 0.825. The van der Waals surface area contributed by atoms with Gasteiger partial charge in [-0.15, -0.1) is 5.10 Å². The van der Waals surface area contributed by atoms with Crippen molar-refractivity contribution in [3.63, 3.8) is 0 Å². The fraction of sp³-hybridized carbons (Fsp3) is 0.619. The molecule has 0 aliphatic carbocycles. The third-order valence-corrected chi connectivity index (χ3v) is 6.19. The van der Waals surface area contributed by atoms with E-state index in [0.717, 1.165) is 6.54 Å². The van der Waals surface area contributed by atoms with Gasteiger partial charge in [0.25, 0.3) is 5.56 Å². The lowest BCUT2D eigenvalue weighted by molar-refractivity contribution is -0.121. The van der Waals surface area contributed by atoms with E-state index in [1.807, 2.05) is 12.1 Å². The van der Waals surface area contributed by atoms with E-state index in [4.69, 9.17) is 0 Å². The Kier molecular flexibility index (Phi) is 6.00. The van der Waals surface area contributed by atoms with Gasteiger partial charge in [-0.05, 0) is 63.2 Å². The SMILES string of the molecule is O=C(CCCn1nnc2ccccc2c1=O)NCC1CCCN2CCCCC12. The van der Waals surface area contributed by atoms with Crippen LogP contribution in [0.1, 0.15) is 44.9 Å². The van der Waals surface area contributed by atoms with Gasteiger partial charge in [0, 0.05) is 25.6 Å². The molecule has 0 radical (unpaired) electrons. The lowest BCUT2D eigenvalue weighted by Gasteiger charge is -2.44. The first-order valence-corrected chi connectivity index (χ1v) is 10.6. The Bertz CT molecular complexity index is 878. The zero-order valence-corrected chi connectivity index (χ0v) is 16.3. The molecule has 2 aromatic rings. The number of hydrogen-bond acceptors (Lipinski definition) is 5. The molecule has 0 spiro atoms. The molecule has 0 saturated carbocycles. The molecule has 7 heteroatoms. The van der Waals surface area contributed by atoms with Gasteiger partial charge < -0.3 is 10.2 Å². The summed E-state index contributed by atoms with van der Waals surface area (Å²) in [6.45, 7) is 3.62. The first-order valence-electron chi connectivity index (χ1n) is 10.6. The van der Waals surface area contributed by atoms with Crippen molar-refractivity contribution >= 4 is 16.8 Å². The van der Waals surface area contributed by atoms with Crippen molar-refractivity contribution in [3.05, 3.63) is 34.6 Å². The van der Waals surface area contributed by atoms with E-state index in [0.29, 0.717) is 42.2 Å². The summed E-state index contributed by atoms with van der Waals surface area (Å²) >= 11 is 0. The van der Waals surface area contributed by atoms with Crippen LogP contribution in [0.3, 0.4) is 0 Å². The number of carbonyl (C=O) groups excluding carboxylic acids is 1. The van der Waals surface area contributed by atoms with Crippen molar-refractivity contribution in [2.24, 2.45) is 5.92 Å². The summed E-state index contributed by atoms with van der Waals surface area (Å²) in [5.41, 5.74) is 0.455. The lowest BCUT2D eigenvalue weighted by Crippen LogP contribution is -2.51. The second kappa shape index (κ2) is 8.82. The van der Waals surface area contributed by atoms with Crippen LogP contribution < -0.4 is 10.9 Å². The highest BCUT2D eigenvalue weighted by molar-refractivity contribution is 5.76. The van der Waals surface area contributed by atoms with Gasteiger partial charge in [-0.3, -0.25) is 9.59 Å². The summed E-state index contributed by atoms with van der Waals surface area (Å²) in [5.74, 6) is 0.640. The van der Waals surface area contributed by atoms with E-state index in [2.05, 4.69) is 20.5 Å². The van der Waals surface area contributed by atoms with Crippen molar-refractivity contribution in [3.8, 4) is 0 Å². The highest BCUT2D eigenvalue weighted by atomic mass is 16.1. The van der Waals surface area contributed by atoms with Gasteiger partial charge in [0.2, 0.25) is 5.91 Å². The molecule has 1 amide bonds. The normalized spacial score (nSPS) is 22.7. The first kappa shape index (κ1) is 19.1. The molecule has 2 fully saturated rings. The highest BCUT2D eigenvalue weighted by Crippen LogP contribution is 2.30. The van der Waals surface area contributed by atoms with Crippen LogP contribution in [0.5, 0.6) is 0 Å². The predicted octanol–water partition coefficient (Wildman–Crippen LogP) is 1.95. The number of benzene rings is 1. The van der Waals surface area contributed by atoms with Crippen LogP contribution >= 0.6 is 0 Å². The molecule has 28 heavy (non-hydrogen) atoms. The van der Waals surface area contributed by atoms with Gasteiger partial charge in [-0.1, -0.05) is 23.8 Å². The predicted molar refractivity (Wildman–Crippen MR) is 108 cm³/mol. The molecule has 1 aromatic carbocycles. The Balaban J connectivity index is 1.25. The summed E-state index contributed by atoms with van der Waals surface area (Å²) in [6, 6.07) is 7.84. The van der Waals surface area contributed by atoms with E-state index < -0.39 is 0 Å². The standard InChI is InChI=1S/C21H29N5O2/c27-20(22-15-16-7-5-13-25-12-4-3-10-19(16)25)11-6-14-26-21(28)17-8-1-2-9-18(17)23-24-26/h1-2,8-9,16,19H,3-7,10-15H2,(H,22,27). The molecule has 2 unspecified atom stereocenters. The molecule has 1 N–H and O–H groups in total. The van der Waals surface area contributed by atoms with Gasteiger partial charge >= 0.3 is 0 Å². The van der Waals surface area contributed by atoms with E-state index >= 15 is 0 Å². The first-order chi connectivity index (χ1) is 13.7. The Morgan fingerprint density at radius 1 is 1.14 bits per heavy atom. The van der Waals surface area contributed by atoms with Gasteiger partial charge in [0.1, 0.15) is 5.52 Å². The summed E-state index contributed by atoms with van der Waals surface area (Å²) < 4.78 is 1.36. The zero-order chi connectivity index (χ0) is 19.3. The molecule has 150 valence electrons. The second-order valence-electron chi connectivity index (χ2n) is 8.04. The molecule has 1 aromatic heterocycles. The highest BCUT2D eigenvalue weighted by Gasteiger charge is 2.32. The lowest BCUT2D eigenvalue weighted by atomic mass is 9.83. The van der Waals surface area contributed by atoms with Crippen LogP contribution in [0.25, 0.3) is 10.9 Å². The van der Waals surface area contributed by atoms with E-state index in [1.165, 1.54) is 49.9 Å². The Hall–Kier alpha value is -2.28. The molecular weight excluding hydrogens is 354 g/mol. The van der Waals surface area contributed by atoms with Crippen molar-refractivity contribution in [2.75, 3.05) is 19.6 Å². The molecular formula is C21H29N5O2. The van der Waals surface area contributed by atoms with Crippen LogP contribution in [0.2, 0.25) is 0 Å². The van der Waals surface area contributed by atoms with Gasteiger partial charge in [0.15, 0.2) is 0 Å². The number of amides is 1. The molecule has 2 aliphatic heterocycles. The third kappa shape index (κ3) is 4.24. The number of aryl methyl sites for hydroxylation is 1. The van der Waals surface area contributed by atoms with Crippen LogP contribution in [-0.4, -0.2) is 51.5 Å². The van der Waals surface area contributed by atoms with Crippen LogP contribution in [0, 0.1) is 5.92 Å². The number of piperidine rings is 2. The number of nitrogens with zero attached hydrogens (tertiary/aromatic N) is 4. The summed E-state index contributed by atoms with van der Waals surface area (Å²) in [7, 11) is 0. The second-order valence-corrected chi connectivity index (χ2v) is 8.04. The average molecular weight is 383 g/mol. The topological polar surface area (TPSA) is 80.1 Å². The van der Waals surface area contributed by atoms with Crippen molar-refractivity contribution < 1.29 is 4.79 Å². The van der Waals surface area contributed by atoms with Crippen molar-refractivity contribution in [2.45, 2.75) is 57.5 Å². The summed E-state index contributed by atoms with van der Waals surface area (Å²) in [6.07, 6.45) is 7.33. The fourth-order valence-corrected chi connectivity index (χ4v) is 4.71. The van der Waals surface area contributed by atoms with E-state index in [9.17, 15) is 9.59 Å². The van der Waals surface area contributed by atoms with E-state index in [1.54, 1.807) is 12.1 Å². The maximum atomic E-state index is 12.4. The molecule has 7 nitrogen and oxygen atoms in total. The van der Waals surface area contributed by atoms with Crippen LogP contribution in [0.4, 0.5) is 0 Å². The minimum Gasteiger partial charge on any atom is -0.356 e. The molecule has 3 heterocycles. The van der Waals surface area contributed by atoms with Gasteiger partial charge in [-0.2, -0.15) is 0 Å². The molecule has 2 aliphatic rings.